The molecule has 7 heteroatoms. The van der Waals surface area contributed by atoms with Gasteiger partial charge in [0.05, 0.1) is 22.4 Å². The second-order valence-electron chi connectivity index (χ2n) is 7.32. The number of rotatable bonds is 6. The lowest BCUT2D eigenvalue weighted by molar-refractivity contribution is -0.121. The predicted octanol–water partition coefficient (Wildman–Crippen LogP) is 5.17. The van der Waals surface area contributed by atoms with E-state index in [-0.39, 0.29) is 29.9 Å². The number of allylic oxidation sites excluding steroid dienone is 1. The van der Waals surface area contributed by atoms with Crippen molar-refractivity contribution in [1.82, 2.24) is 5.32 Å². The molecule has 0 saturated heterocycles. The third-order valence-corrected chi connectivity index (χ3v) is 6.11. The van der Waals surface area contributed by atoms with Crippen LogP contribution in [0.4, 0.5) is 5.69 Å². The summed E-state index contributed by atoms with van der Waals surface area (Å²) in [7, 11) is 0. The standard InChI is InChI=1S/C23H22ClN3O2S/c1-14(2)15-3-5-16(6-4-15)19-11-21(28)27-23(20(19)12-25)30-13-22(29)26-18-9-7-17(24)8-10-18/h3-10,14,19H,11,13H2,1-2H3,(H,26,29)(H,27,28)/t19-/m1/s1. The molecule has 2 N–H and O–H groups in total. The van der Waals surface area contributed by atoms with E-state index in [1.165, 1.54) is 5.56 Å². The highest BCUT2D eigenvalue weighted by Gasteiger charge is 2.29. The van der Waals surface area contributed by atoms with Crippen LogP contribution in [0.1, 0.15) is 43.2 Å². The van der Waals surface area contributed by atoms with Crippen LogP contribution in [0.25, 0.3) is 0 Å². The van der Waals surface area contributed by atoms with Crippen LogP contribution in [0.3, 0.4) is 0 Å². The lowest BCUT2D eigenvalue weighted by Crippen LogP contribution is -2.31. The van der Waals surface area contributed by atoms with Gasteiger partial charge >= 0.3 is 0 Å². The molecule has 0 unspecified atom stereocenters. The first-order chi connectivity index (χ1) is 14.4. The Hall–Kier alpha value is -2.75. The van der Waals surface area contributed by atoms with Crippen LogP contribution in [0.5, 0.6) is 0 Å². The van der Waals surface area contributed by atoms with Gasteiger partial charge in [0.2, 0.25) is 11.8 Å². The topological polar surface area (TPSA) is 82.0 Å². The average Bonchev–Trinajstić information content (AvgIpc) is 2.73. The largest absolute Gasteiger partial charge is 0.325 e. The Balaban J connectivity index is 1.74. The van der Waals surface area contributed by atoms with E-state index in [4.69, 9.17) is 11.6 Å². The van der Waals surface area contributed by atoms with Gasteiger partial charge in [-0.05, 0) is 41.3 Å². The van der Waals surface area contributed by atoms with E-state index in [9.17, 15) is 14.9 Å². The van der Waals surface area contributed by atoms with Crippen LogP contribution < -0.4 is 10.6 Å². The number of anilines is 1. The van der Waals surface area contributed by atoms with Crippen molar-refractivity contribution in [3.8, 4) is 6.07 Å². The molecule has 2 amide bonds. The van der Waals surface area contributed by atoms with E-state index in [1.54, 1.807) is 24.3 Å². The smallest absolute Gasteiger partial charge is 0.234 e. The van der Waals surface area contributed by atoms with Gasteiger partial charge in [0.15, 0.2) is 0 Å². The Morgan fingerprint density at radius 2 is 1.90 bits per heavy atom. The Morgan fingerprint density at radius 3 is 2.50 bits per heavy atom. The van der Waals surface area contributed by atoms with E-state index < -0.39 is 0 Å². The Morgan fingerprint density at radius 1 is 1.23 bits per heavy atom. The minimum Gasteiger partial charge on any atom is -0.325 e. The summed E-state index contributed by atoms with van der Waals surface area (Å²) >= 11 is 7.01. The van der Waals surface area contributed by atoms with E-state index in [0.29, 0.717) is 27.2 Å². The number of halogens is 1. The predicted molar refractivity (Wildman–Crippen MR) is 121 cm³/mol. The summed E-state index contributed by atoms with van der Waals surface area (Å²) in [6, 6.07) is 17.1. The second-order valence-corrected chi connectivity index (χ2v) is 8.75. The first-order valence-electron chi connectivity index (χ1n) is 9.59. The summed E-state index contributed by atoms with van der Waals surface area (Å²) in [4.78, 5) is 24.6. The lowest BCUT2D eigenvalue weighted by Gasteiger charge is -2.25. The molecule has 3 rings (SSSR count). The first kappa shape index (κ1) is 21.9. The van der Waals surface area contributed by atoms with Crippen molar-refractivity contribution in [2.75, 3.05) is 11.1 Å². The second kappa shape index (κ2) is 9.84. The maximum atomic E-state index is 12.3. The number of thioether (sulfide) groups is 1. The molecule has 0 aliphatic carbocycles. The van der Waals surface area contributed by atoms with E-state index in [2.05, 4.69) is 30.6 Å². The minimum absolute atomic E-state index is 0.0719. The normalized spacial score (nSPS) is 16.2. The number of nitrogens with zero attached hydrogens (tertiary/aromatic N) is 1. The molecule has 0 aromatic heterocycles. The number of benzene rings is 2. The molecule has 1 heterocycles. The molecule has 30 heavy (non-hydrogen) atoms. The number of nitrogens with one attached hydrogen (secondary N) is 2. The zero-order valence-electron chi connectivity index (χ0n) is 16.7. The van der Waals surface area contributed by atoms with Crippen LogP contribution in [-0.4, -0.2) is 17.6 Å². The first-order valence-corrected chi connectivity index (χ1v) is 11.0. The molecular weight excluding hydrogens is 418 g/mol. The van der Waals surface area contributed by atoms with Gasteiger partial charge in [-0.15, -0.1) is 0 Å². The fourth-order valence-electron chi connectivity index (χ4n) is 3.20. The van der Waals surface area contributed by atoms with Crippen molar-refractivity contribution in [3.05, 3.63) is 75.3 Å². The van der Waals surface area contributed by atoms with Crippen molar-refractivity contribution < 1.29 is 9.59 Å². The van der Waals surface area contributed by atoms with Crippen LogP contribution in [0, 0.1) is 11.3 Å². The number of nitriles is 1. The molecular formula is C23H22ClN3O2S. The quantitative estimate of drug-likeness (QED) is 0.650. The van der Waals surface area contributed by atoms with Crippen LogP contribution in [0.15, 0.2) is 59.1 Å². The number of amides is 2. The Labute approximate surface area is 185 Å². The fraction of sp³-hybridized carbons (Fsp3) is 0.261. The number of hydrogen-bond acceptors (Lipinski definition) is 4. The molecule has 2 aromatic rings. The molecule has 0 fully saturated rings. The van der Waals surface area contributed by atoms with Crippen LogP contribution in [-0.2, 0) is 9.59 Å². The molecule has 154 valence electrons. The molecule has 1 atom stereocenters. The zero-order chi connectivity index (χ0) is 21.7. The van der Waals surface area contributed by atoms with Crippen LogP contribution >= 0.6 is 23.4 Å². The van der Waals surface area contributed by atoms with Crippen molar-refractivity contribution in [2.45, 2.75) is 32.1 Å². The van der Waals surface area contributed by atoms with Crippen molar-refractivity contribution in [3.63, 3.8) is 0 Å². The van der Waals surface area contributed by atoms with Gasteiger partial charge in [-0.2, -0.15) is 5.26 Å². The highest BCUT2D eigenvalue weighted by molar-refractivity contribution is 8.03. The minimum atomic E-state index is -0.313. The Bertz CT molecular complexity index is 1010. The zero-order valence-corrected chi connectivity index (χ0v) is 18.3. The van der Waals surface area contributed by atoms with E-state index in [1.807, 2.05) is 24.3 Å². The highest BCUT2D eigenvalue weighted by atomic mass is 35.5. The summed E-state index contributed by atoms with van der Waals surface area (Å²) in [5.41, 5.74) is 3.25. The molecule has 0 spiro atoms. The van der Waals surface area contributed by atoms with Crippen molar-refractivity contribution >= 4 is 40.9 Å². The van der Waals surface area contributed by atoms with Gasteiger partial charge in [0.1, 0.15) is 0 Å². The number of carbonyl (C=O) groups excluding carboxylic acids is 2. The summed E-state index contributed by atoms with van der Waals surface area (Å²) < 4.78 is 0. The summed E-state index contributed by atoms with van der Waals surface area (Å²) in [6.07, 6.45) is 0.213. The summed E-state index contributed by atoms with van der Waals surface area (Å²) in [5.74, 6) is -0.225. The summed E-state index contributed by atoms with van der Waals surface area (Å²) in [5, 5.41) is 16.3. The van der Waals surface area contributed by atoms with Gasteiger partial charge in [-0.3, -0.25) is 9.59 Å². The lowest BCUT2D eigenvalue weighted by atomic mass is 9.86. The average molecular weight is 440 g/mol. The fourth-order valence-corrected chi connectivity index (χ4v) is 4.20. The van der Waals surface area contributed by atoms with Crippen molar-refractivity contribution in [1.29, 1.82) is 5.26 Å². The maximum Gasteiger partial charge on any atom is 0.234 e. The molecule has 0 saturated carbocycles. The number of carbonyl (C=O) groups is 2. The van der Waals surface area contributed by atoms with Gasteiger partial charge in [-0.25, -0.2) is 0 Å². The SMILES string of the molecule is CC(C)c1ccc([C@H]2CC(=O)NC(SCC(=O)Nc3ccc(Cl)cc3)=C2C#N)cc1. The Kier molecular flexibility index (Phi) is 7.20. The molecule has 0 bridgehead atoms. The van der Waals surface area contributed by atoms with Gasteiger partial charge in [0.25, 0.3) is 0 Å². The maximum absolute atomic E-state index is 12.3. The van der Waals surface area contributed by atoms with E-state index in [0.717, 1.165) is 17.3 Å². The molecule has 5 nitrogen and oxygen atoms in total. The number of hydrogen-bond donors (Lipinski definition) is 2. The molecule has 0 radical (unpaired) electrons. The van der Waals surface area contributed by atoms with Gasteiger partial charge in [-0.1, -0.05) is 61.5 Å². The molecule has 1 aliphatic rings. The summed E-state index contributed by atoms with van der Waals surface area (Å²) in [6.45, 7) is 4.24. The van der Waals surface area contributed by atoms with Crippen LogP contribution in [0.2, 0.25) is 5.02 Å². The monoisotopic (exact) mass is 439 g/mol. The molecule has 2 aromatic carbocycles. The van der Waals surface area contributed by atoms with Crippen molar-refractivity contribution in [2.24, 2.45) is 0 Å². The van der Waals surface area contributed by atoms with Gasteiger partial charge in [0, 0.05) is 23.0 Å². The van der Waals surface area contributed by atoms with E-state index >= 15 is 0 Å². The molecule has 1 aliphatic heterocycles. The highest BCUT2D eigenvalue weighted by Crippen LogP contribution is 2.36. The third-order valence-electron chi connectivity index (χ3n) is 4.84. The van der Waals surface area contributed by atoms with Gasteiger partial charge < -0.3 is 10.6 Å². The third kappa shape index (κ3) is 5.44.